The van der Waals surface area contributed by atoms with Crippen LogP contribution in [0.25, 0.3) is 0 Å². The normalized spacial score (nSPS) is 14.6. The summed E-state index contributed by atoms with van der Waals surface area (Å²) in [7, 11) is 3.13. The van der Waals surface area contributed by atoms with E-state index in [0.29, 0.717) is 38.4 Å². The summed E-state index contributed by atoms with van der Waals surface area (Å²) in [6.45, 7) is 4.36. The van der Waals surface area contributed by atoms with Crippen molar-refractivity contribution in [2.75, 3.05) is 31.1 Å². The zero-order valence-corrected chi connectivity index (χ0v) is 15.4. The van der Waals surface area contributed by atoms with E-state index < -0.39 is 0 Å². The van der Waals surface area contributed by atoms with Crippen molar-refractivity contribution in [1.82, 2.24) is 14.0 Å². The van der Waals surface area contributed by atoms with Crippen molar-refractivity contribution in [3.05, 3.63) is 62.3 Å². The fourth-order valence-corrected chi connectivity index (χ4v) is 3.29. The second-order valence-corrected chi connectivity index (χ2v) is 6.71. The van der Waals surface area contributed by atoms with Crippen LogP contribution in [0.2, 0.25) is 0 Å². The molecule has 2 heterocycles. The molecule has 2 aromatic rings. The molecule has 3 rings (SSSR count). The summed E-state index contributed by atoms with van der Waals surface area (Å²) in [6.07, 6.45) is 0.400. The van der Waals surface area contributed by atoms with E-state index >= 15 is 0 Å². The number of hydrogen-bond acceptors (Lipinski definition) is 4. The van der Waals surface area contributed by atoms with Crippen LogP contribution in [0, 0.1) is 6.92 Å². The molecule has 0 unspecified atom stereocenters. The van der Waals surface area contributed by atoms with Gasteiger partial charge in [0.2, 0.25) is 5.91 Å². The molecule has 1 aliphatic rings. The maximum Gasteiger partial charge on any atom is 0.332 e. The lowest BCUT2D eigenvalue weighted by molar-refractivity contribution is -0.130. The smallest absolute Gasteiger partial charge is 0.332 e. The molecule has 1 aromatic heterocycles. The average Bonchev–Trinajstić information content (AvgIpc) is 2.65. The summed E-state index contributed by atoms with van der Waals surface area (Å²) < 4.78 is 2.57. The van der Waals surface area contributed by atoms with Crippen LogP contribution < -0.4 is 16.1 Å². The van der Waals surface area contributed by atoms with Crippen LogP contribution in [0.15, 0.2) is 39.9 Å². The summed E-state index contributed by atoms with van der Waals surface area (Å²) >= 11 is 0. The topological polar surface area (TPSA) is 67.6 Å². The van der Waals surface area contributed by atoms with Crippen molar-refractivity contribution in [3.8, 4) is 0 Å². The van der Waals surface area contributed by atoms with Crippen LogP contribution in [0.5, 0.6) is 0 Å². The van der Waals surface area contributed by atoms with E-state index in [2.05, 4.69) is 0 Å². The van der Waals surface area contributed by atoms with Gasteiger partial charge in [0.25, 0.3) is 5.56 Å². The molecule has 0 atom stereocenters. The molecule has 0 radical (unpaired) electrons. The van der Waals surface area contributed by atoms with E-state index in [4.69, 9.17) is 0 Å². The van der Waals surface area contributed by atoms with Crippen LogP contribution in [0.1, 0.15) is 11.1 Å². The molecule has 1 aliphatic heterocycles. The Morgan fingerprint density at radius 3 is 2.31 bits per heavy atom. The van der Waals surface area contributed by atoms with Gasteiger partial charge in [-0.2, -0.15) is 0 Å². The lowest BCUT2D eigenvalue weighted by Gasteiger charge is -2.36. The van der Waals surface area contributed by atoms with Gasteiger partial charge in [-0.25, -0.2) is 4.79 Å². The molecular weight excluding hydrogens is 332 g/mol. The predicted octanol–water partition coefficient (Wildman–Crippen LogP) is 0.284. The molecule has 0 N–H and O–H groups in total. The Morgan fingerprint density at radius 1 is 1.00 bits per heavy atom. The average molecular weight is 356 g/mol. The van der Waals surface area contributed by atoms with Crippen molar-refractivity contribution in [3.63, 3.8) is 0 Å². The number of amides is 1. The minimum atomic E-state index is -0.342. The Morgan fingerprint density at radius 2 is 1.65 bits per heavy atom. The van der Waals surface area contributed by atoms with E-state index in [0.717, 1.165) is 15.7 Å². The molecule has 138 valence electrons. The summed E-state index contributed by atoms with van der Waals surface area (Å²) in [6, 6.07) is 9.39. The summed E-state index contributed by atoms with van der Waals surface area (Å²) in [4.78, 5) is 40.4. The third-order valence-corrected chi connectivity index (χ3v) is 5.06. The highest BCUT2D eigenvalue weighted by Crippen LogP contribution is 2.14. The summed E-state index contributed by atoms with van der Waals surface area (Å²) in [5, 5.41) is 0. The highest BCUT2D eigenvalue weighted by Gasteiger charge is 2.23. The van der Waals surface area contributed by atoms with E-state index in [1.54, 1.807) is 7.05 Å². The van der Waals surface area contributed by atoms with Gasteiger partial charge in [0.15, 0.2) is 0 Å². The highest BCUT2D eigenvalue weighted by atomic mass is 16.2. The van der Waals surface area contributed by atoms with Crippen LogP contribution in [-0.2, 0) is 25.3 Å². The van der Waals surface area contributed by atoms with E-state index in [1.165, 1.54) is 17.7 Å². The fourth-order valence-electron chi connectivity index (χ4n) is 3.29. The Balaban J connectivity index is 1.68. The molecule has 0 saturated carbocycles. The quantitative estimate of drug-likeness (QED) is 0.793. The number of rotatable bonds is 3. The molecule has 1 aromatic carbocycles. The third-order valence-electron chi connectivity index (χ3n) is 5.06. The van der Waals surface area contributed by atoms with Gasteiger partial charge in [0.1, 0.15) is 5.82 Å². The third kappa shape index (κ3) is 3.42. The first-order valence-electron chi connectivity index (χ1n) is 8.73. The number of carbonyl (C=O) groups excluding carboxylic acids is 1. The van der Waals surface area contributed by atoms with Crippen molar-refractivity contribution in [1.29, 1.82) is 0 Å². The molecule has 0 aliphatic carbocycles. The zero-order valence-electron chi connectivity index (χ0n) is 15.4. The first-order valence-corrected chi connectivity index (χ1v) is 8.73. The molecular formula is C19H24N4O3. The number of aromatic nitrogens is 2. The summed E-state index contributed by atoms with van der Waals surface area (Å²) in [5.41, 5.74) is 1.51. The molecule has 7 nitrogen and oxygen atoms in total. The van der Waals surface area contributed by atoms with Gasteiger partial charge in [0.05, 0.1) is 6.42 Å². The molecule has 1 saturated heterocycles. The number of anilines is 1. The van der Waals surface area contributed by atoms with Gasteiger partial charge >= 0.3 is 5.69 Å². The van der Waals surface area contributed by atoms with Crippen molar-refractivity contribution < 1.29 is 4.79 Å². The van der Waals surface area contributed by atoms with Gasteiger partial charge < -0.3 is 9.80 Å². The number of benzene rings is 1. The fraction of sp³-hybridized carbons (Fsp3) is 0.421. The monoisotopic (exact) mass is 356 g/mol. The first kappa shape index (κ1) is 18.0. The number of nitrogens with zero attached hydrogens (tertiary/aromatic N) is 4. The number of piperazine rings is 1. The maximum absolute atomic E-state index is 12.6. The largest absolute Gasteiger partial charge is 0.354 e. The number of carbonyl (C=O) groups is 1. The Hall–Kier alpha value is -2.83. The second kappa shape index (κ2) is 7.19. The molecule has 0 bridgehead atoms. The number of hydrogen-bond donors (Lipinski definition) is 0. The van der Waals surface area contributed by atoms with Crippen molar-refractivity contribution in [2.24, 2.45) is 14.1 Å². The second-order valence-electron chi connectivity index (χ2n) is 6.71. The number of aryl methyl sites for hydroxylation is 1. The molecule has 1 fully saturated rings. The standard InChI is InChI=1S/C19H24N4O3/c1-14-6-4-5-7-15(14)12-18(25)23-10-8-22(9-11-23)16-13-17(24)21(3)19(26)20(16)2/h4-7,13H,8-12H2,1-3H3. The van der Waals surface area contributed by atoms with Crippen molar-refractivity contribution in [2.45, 2.75) is 13.3 Å². The van der Waals surface area contributed by atoms with Crippen LogP contribution >= 0.6 is 0 Å². The van der Waals surface area contributed by atoms with Gasteiger partial charge in [-0.1, -0.05) is 24.3 Å². The SMILES string of the molecule is Cc1ccccc1CC(=O)N1CCN(c2cc(=O)n(C)c(=O)n2C)CC1. The van der Waals surface area contributed by atoms with E-state index in [-0.39, 0.29) is 17.2 Å². The molecule has 1 amide bonds. The van der Waals surface area contributed by atoms with E-state index in [1.807, 2.05) is 41.0 Å². The lowest BCUT2D eigenvalue weighted by Crippen LogP contribution is -2.51. The van der Waals surface area contributed by atoms with Crippen molar-refractivity contribution >= 4 is 11.7 Å². The van der Waals surface area contributed by atoms with Crippen LogP contribution in [0.4, 0.5) is 5.82 Å². The summed E-state index contributed by atoms with van der Waals surface area (Å²) in [5.74, 6) is 0.709. The minimum absolute atomic E-state index is 0.108. The van der Waals surface area contributed by atoms with Gasteiger partial charge in [0, 0.05) is 46.3 Å². The minimum Gasteiger partial charge on any atom is -0.354 e. The van der Waals surface area contributed by atoms with Crippen LogP contribution in [-0.4, -0.2) is 46.1 Å². The zero-order chi connectivity index (χ0) is 18.8. The van der Waals surface area contributed by atoms with E-state index in [9.17, 15) is 14.4 Å². The van der Waals surface area contributed by atoms with Gasteiger partial charge in [-0.3, -0.25) is 18.7 Å². The molecule has 7 heteroatoms. The Kier molecular flexibility index (Phi) is 4.97. The van der Waals surface area contributed by atoms with Crippen LogP contribution in [0.3, 0.4) is 0 Å². The van der Waals surface area contributed by atoms with Gasteiger partial charge in [-0.15, -0.1) is 0 Å². The highest BCUT2D eigenvalue weighted by molar-refractivity contribution is 5.79. The Bertz CT molecular complexity index is 937. The Labute approximate surface area is 152 Å². The maximum atomic E-state index is 12.6. The predicted molar refractivity (Wildman–Crippen MR) is 101 cm³/mol. The lowest BCUT2D eigenvalue weighted by atomic mass is 10.1. The molecule has 26 heavy (non-hydrogen) atoms. The van der Waals surface area contributed by atoms with Gasteiger partial charge in [-0.05, 0) is 18.1 Å². The first-order chi connectivity index (χ1) is 12.4. The molecule has 0 spiro atoms.